The van der Waals surface area contributed by atoms with Crippen LogP contribution in [0.2, 0.25) is 5.02 Å². The second-order valence-corrected chi connectivity index (χ2v) is 6.23. The molecule has 26 heavy (non-hydrogen) atoms. The number of hydrogen-bond donors (Lipinski definition) is 0. The highest BCUT2D eigenvalue weighted by Gasteiger charge is 2.18. The van der Waals surface area contributed by atoms with E-state index in [0.717, 1.165) is 4.68 Å². The van der Waals surface area contributed by atoms with Crippen molar-refractivity contribution in [1.82, 2.24) is 9.78 Å². The molecule has 0 aliphatic carbocycles. The first-order valence-corrected chi connectivity index (χ1v) is 8.82. The maximum Gasteiger partial charge on any atom is 0.327 e. The van der Waals surface area contributed by atoms with Gasteiger partial charge >= 0.3 is 5.97 Å². The van der Waals surface area contributed by atoms with Gasteiger partial charge in [0.15, 0.2) is 0 Å². The van der Waals surface area contributed by atoms with Crippen molar-refractivity contribution < 1.29 is 14.3 Å². The Morgan fingerprint density at radius 3 is 2.62 bits per heavy atom. The molecule has 138 valence electrons. The Kier molecular flexibility index (Phi) is 5.90. The van der Waals surface area contributed by atoms with Gasteiger partial charge < -0.3 is 14.4 Å². The van der Waals surface area contributed by atoms with Crippen molar-refractivity contribution in [3.63, 3.8) is 0 Å². The van der Waals surface area contributed by atoms with E-state index < -0.39 is 5.97 Å². The summed E-state index contributed by atoms with van der Waals surface area (Å²) >= 11 is 5.95. The molecule has 3 rings (SSSR count). The summed E-state index contributed by atoms with van der Waals surface area (Å²) in [6, 6.07) is 8.74. The Balaban J connectivity index is 2.04. The van der Waals surface area contributed by atoms with Gasteiger partial charge in [-0.15, -0.1) is 0 Å². The van der Waals surface area contributed by atoms with E-state index in [4.69, 9.17) is 21.1 Å². The standard InChI is InChI=1S/C18H20ClN3O4/c1-2-26-17(23)12-22-18(24)15(13-3-5-14(19)6-4-13)11-16(20-22)21-7-9-25-10-8-21/h3-6,11H,2,7-10,12H2,1H3. The maximum atomic E-state index is 12.8. The number of halogens is 1. The van der Waals surface area contributed by atoms with Gasteiger partial charge in [0, 0.05) is 18.1 Å². The third-order valence-corrected chi connectivity index (χ3v) is 4.29. The van der Waals surface area contributed by atoms with Gasteiger partial charge in [0.05, 0.1) is 25.4 Å². The fourth-order valence-corrected chi connectivity index (χ4v) is 2.87. The van der Waals surface area contributed by atoms with Gasteiger partial charge in [-0.1, -0.05) is 23.7 Å². The molecule has 0 bridgehead atoms. The molecule has 0 radical (unpaired) electrons. The fraction of sp³-hybridized carbons (Fsp3) is 0.389. The quantitative estimate of drug-likeness (QED) is 0.742. The Labute approximate surface area is 156 Å². The first-order valence-electron chi connectivity index (χ1n) is 8.45. The molecule has 0 saturated carbocycles. The largest absolute Gasteiger partial charge is 0.465 e. The van der Waals surface area contributed by atoms with E-state index in [1.54, 1.807) is 37.3 Å². The van der Waals surface area contributed by atoms with Crippen molar-refractivity contribution >= 4 is 23.4 Å². The minimum Gasteiger partial charge on any atom is -0.465 e. The van der Waals surface area contributed by atoms with E-state index in [0.29, 0.717) is 48.3 Å². The molecule has 0 unspecified atom stereocenters. The van der Waals surface area contributed by atoms with Gasteiger partial charge in [0.25, 0.3) is 5.56 Å². The number of ether oxygens (including phenoxy) is 2. The van der Waals surface area contributed by atoms with Crippen molar-refractivity contribution in [2.45, 2.75) is 13.5 Å². The number of benzene rings is 1. The van der Waals surface area contributed by atoms with Crippen LogP contribution in [-0.4, -0.2) is 48.7 Å². The van der Waals surface area contributed by atoms with E-state index in [2.05, 4.69) is 5.10 Å². The SMILES string of the molecule is CCOC(=O)Cn1nc(N2CCOCC2)cc(-c2ccc(Cl)cc2)c1=O. The molecule has 1 aromatic heterocycles. The summed E-state index contributed by atoms with van der Waals surface area (Å²) in [4.78, 5) is 26.7. The third-order valence-electron chi connectivity index (χ3n) is 4.04. The monoisotopic (exact) mass is 377 g/mol. The second-order valence-electron chi connectivity index (χ2n) is 5.79. The maximum absolute atomic E-state index is 12.8. The number of hydrogen-bond acceptors (Lipinski definition) is 6. The molecule has 2 aromatic rings. The Morgan fingerprint density at radius 1 is 1.27 bits per heavy atom. The Morgan fingerprint density at radius 2 is 1.96 bits per heavy atom. The zero-order chi connectivity index (χ0) is 18.5. The summed E-state index contributed by atoms with van der Waals surface area (Å²) in [5, 5.41) is 4.96. The van der Waals surface area contributed by atoms with E-state index >= 15 is 0 Å². The van der Waals surface area contributed by atoms with Crippen molar-refractivity contribution in [2.24, 2.45) is 0 Å². The molecule has 7 nitrogen and oxygen atoms in total. The minimum absolute atomic E-state index is 0.231. The van der Waals surface area contributed by atoms with Gasteiger partial charge in [0.2, 0.25) is 0 Å². The van der Waals surface area contributed by atoms with E-state index in [9.17, 15) is 9.59 Å². The van der Waals surface area contributed by atoms with Crippen LogP contribution in [0, 0.1) is 0 Å². The summed E-state index contributed by atoms with van der Waals surface area (Å²) in [6.45, 7) is 4.27. The lowest BCUT2D eigenvalue weighted by Crippen LogP contribution is -2.39. The van der Waals surface area contributed by atoms with Gasteiger partial charge in [-0.2, -0.15) is 5.10 Å². The Bertz CT molecular complexity index is 829. The Hall–Kier alpha value is -2.38. The predicted molar refractivity (Wildman–Crippen MR) is 98.6 cm³/mol. The summed E-state index contributed by atoms with van der Waals surface area (Å²) in [5.41, 5.74) is 0.828. The highest BCUT2D eigenvalue weighted by molar-refractivity contribution is 6.30. The molecule has 0 amide bonds. The molecular formula is C18H20ClN3O4. The summed E-state index contributed by atoms with van der Waals surface area (Å²) in [5.74, 6) is 0.130. The molecule has 1 saturated heterocycles. The molecule has 1 aliphatic heterocycles. The first-order chi connectivity index (χ1) is 12.6. The van der Waals surface area contributed by atoms with E-state index in [-0.39, 0.29) is 18.7 Å². The number of carbonyl (C=O) groups is 1. The van der Waals surface area contributed by atoms with E-state index in [1.807, 2.05) is 4.90 Å². The highest BCUT2D eigenvalue weighted by atomic mass is 35.5. The van der Waals surface area contributed by atoms with Crippen LogP contribution < -0.4 is 10.5 Å². The normalized spacial score (nSPS) is 14.3. The topological polar surface area (TPSA) is 73.7 Å². The van der Waals surface area contributed by atoms with Crippen LogP contribution in [0.25, 0.3) is 11.1 Å². The zero-order valence-electron chi connectivity index (χ0n) is 14.5. The number of carbonyl (C=O) groups excluding carboxylic acids is 1. The van der Waals surface area contributed by atoms with Crippen LogP contribution >= 0.6 is 11.6 Å². The number of esters is 1. The van der Waals surface area contributed by atoms with Crippen molar-refractivity contribution in [1.29, 1.82) is 0 Å². The number of nitrogens with zero attached hydrogens (tertiary/aromatic N) is 3. The number of morpholine rings is 1. The fourth-order valence-electron chi connectivity index (χ4n) is 2.75. The summed E-state index contributed by atoms with van der Waals surface area (Å²) < 4.78 is 11.5. The van der Waals surface area contributed by atoms with Crippen LogP contribution in [0.4, 0.5) is 5.82 Å². The lowest BCUT2D eigenvalue weighted by atomic mass is 10.1. The van der Waals surface area contributed by atoms with Crippen molar-refractivity contribution in [3.8, 4) is 11.1 Å². The van der Waals surface area contributed by atoms with Crippen molar-refractivity contribution in [3.05, 3.63) is 45.7 Å². The number of rotatable bonds is 5. The van der Waals surface area contributed by atoms with E-state index in [1.165, 1.54) is 0 Å². The average molecular weight is 378 g/mol. The predicted octanol–water partition coefficient (Wildman–Crippen LogP) is 1.96. The molecule has 1 fully saturated rings. The summed E-state index contributed by atoms with van der Waals surface area (Å²) in [7, 11) is 0. The molecule has 0 N–H and O–H groups in total. The summed E-state index contributed by atoms with van der Waals surface area (Å²) in [6.07, 6.45) is 0. The average Bonchev–Trinajstić information content (AvgIpc) is 2.65. The third kappa shape index (κ3) is 4.23. The molecule has 0 spiro atoms. The van der Waals surface area contributed by atoms with Crippen molar-refractivity contribution in [2.75, 3.05) is 37.8 Å². The van der Waals surface area contributed by atoms with Crippen LogP contribution in [0.3, 0.4) is 0 Å². The lowest BCUT2D eigenvalue weighted by molar-refractivity contribution is -0.144. The molecule has 8 heteroatoms. The van der Waals surface area contributed by atoms with Gasteiger partial charge in [-0.05, 0) is 30.7 Å². The van der Waals surface area contributed by atoms with Gasteiger partial charge in [0.1, 0.15) is 12.4 Å². The minimum atomic E-state index is -0.497. The number of aromatic nitrogens is 2. The highest BCUT2D eigenvalue weighted by Crippen LogP contribution is 2.22. The smallest absolute Gasteiger partial charge is 0.327 e. The molecule has 0 atom stereocenters. The zero-order valence-corrected chi connectivity index (χ0v) is 15.2. The van der Waals surface area contributed by atoms with Gasteiger partial charge in [-0.3, -0.25) is 9.59 Å². The molecule has 2 heterocycles. The second kappa shape index (κ2) is 8.33. The van der Waals surface area contributed by atoms with Crippen LogP contribution in [0.5, 0.6) is 0 Å². The molecular weight excluding hydrogens is 358 g/mol. The van der Waals surface area contributed by atoms with Crippen LogP contribution in [0.1, 0.15) is 6.92 Å². The van der Waals surface area contributed by atoms with Crippen LogP contribution in [-0.2, 0) is 20.8 Å². The first kappa shape index (κ1) is 18.4. The lowest BCUT2D eigenvalue weighted by Gasteiger charge is -2.28. The molecule has 1 aliphatic rings. The molecule has 1 aromatic carbocycles. The van der Waals surface area contributed by atoms with Crippen LogP contribution in [0.15, 0.2) is 35.1 Å². The number of anilines is 1. The van der Waals surface area contributed by atoms with Gasteiger partial charge in [-0.25, -0.2) is 4.68 Å².